The number of benzene rings is 1. The molecule has 13 heteroatoms. The van der Waals surface area contributed by atoms with Crippen LogP contribution in [-0.2, 0) is 22.6 Å². The summed E-state index contributed by atoms with van der Waals surface area (Å²) in [7, 11) is 1.54. The molecule has 2 aromatic heterocycles. The normalized spacial score (nSPS) is 17.5. The lowest BCUT2D eigenvalue weighted by atomic mass is 10.0. The summed E-state index contributed by atoms with van der Waals surface area (Å²) in [5.74, 6) is -0.466. The number of anilines is 1. The molecule has 2 atom stereocenters. The summed E-state index contributed by atoms with van der Waals surface area (Å²) in [6, 6.07) is 7.64. The van der Waals surface area contributed by atoms with Gasteiger partial charge < -0.3 is 26.0 Å². The highest BCUT2D eigenvalue weighted by Crippen LogP contribution is 2.29. The van der Waals surface area contributed by atoms with Gasteiger partial charge in [0.2, 0.25) is 11.8 Å². The predicted octanol–water partition coefficient (Wildman–Crippen LogP) is 2.05. The van der Waals surface area contributed by atoms with Gasteiger partial charge in [-0.25, -0.2) is 15.2 Å². The van der Waals surface area contributed by atoms with Crippen LogP contribution in [0.2, 0.25) is 0 Å². The number of pyridine rings is 1. The van der Waals surface area contributed by atoms with Crippen molar-refractivity contribution in [1.29, 1.82) is 0 Å². The van der Waals surface area contributed by atoms with Crippen LogP contribution in [0, 0.1) is 0 Å². The van der Waals surface area contributed by atoms with Gasteiger partial charge in [-0.3, -0.25) is 19.6 Å². The number of nitrogens with zero attached hydrogens (tertiary/aromatic N) is 5. The Morgan fingerprint density at radius 2 is 2.05 bits per heavy atom. The second kappa shape index (κ2) is 12.3. The number of hydrogen-bond donors (Lipinski definition) is 4. The number of urea groups is 1. The average Bonchev–Trinajstić information content (AvgIpc) is 3.32. The lowest BCUT2D eigenvalue weighted by Gasteiger charge is -2.47. The zero-order valence-electron chi connectivity index (χ0n) is 22.3. The van der Waals surface area contributed by atoms with Crippen LogP contribution in [0.4, 0.5) is 9.93 Å². The number of rotatable bonds is 9. The van der Waals surface area contributed by atoms with E-state index >= 15 is 0 Å². The van der Waals surface area contributed by atoms with Crippen LogP contribution in [0.25, 0.3) is 10.2 Å². The molecule has 1 aromatic carbocycles. The number of fused-ring (bicyclic) bond motifs is 1. The number of nitrogens with two attached hydrogens (primary N) is 1. The largest absolute Gasteiger partial charge is 0.506 e. The zero-order chi connectivity index (χ0) is 28.1. The fraction of sp³-hybridized carbons (Fsp3) is 0.423. The first-order chi connectivity index (χ1) is 18.7. The van der Waals surface area contributed by atoms with Gasteiger partial charge in [0.25, 0.3) is 0 Å². The van der Waals surface area contributed by atoms with Crippen LogP contribution in [0.1, 0.15) is 37.9 Å². The third-order valence-electron chi connectivity index (χ3n) is 6.56. The Kier molecular flexibility index (Phi) is 8.82. The molecule has 1 saturated heterocycles. The molecule has 1 aliphatic rings. The molecule has 12 nitrogen and oxygen atoms in total. The molecule has 4 rings (SSSR count). The Morgan fingerprint density at radius 3 is 2.72 bits per heavy atom. The van der Waals surface area contributed by atoms with E-state index < -0.39 is 12.2 Å². The molecule has 0 bridgehead atoms. The molecule has 3 aromatic rings. The number of hydrazine groups is 1. The molecule has 208 valence electrons. The predicted molar refractivity (Wildman–Crippen MR) is 148 cm³/mol. The second-order valence-corrected chi connectivity index (χ2v) is 10.3. The number of carbonyl (C=O) groups excluding carboxylic acids is 3. The van der Waals surface area contributed by atoms with Crippen molar-refractivity contribution in [3.63, 3.8) is 0 Å². The first-order valence-corrected chi connectivity index (χ1v) is 13.7. The third-order valence-corrected chi connectivity index (χ3v) is 7.40. The van der Waals surface area contributed by atoms with E-state index in [2.05, 4.69) is 20.7 Å². The maximum Gasteiger partial charge on any atom is 0.331 e. The number of thiazole rings is 1. The minimum absolute atomic E-state index is 0.00722. The lowest BCUT2D eigenvalue weighted by Crippen LogP contribution is -2.70. The number of hydrogen-bond acceptors (Lipinski definition) is 9. The quantitative estimate of drug-likeness (QED) is 0.293. The summed E-state index contributed by atoms with van der Waals surface area (Å²) in [5, 5.41) is 14.2. The standard InChI is InChI=1S/C26H34N8O4S/c1-4-11-33(26(38)28-3)31-21-15-32(14-16-7-6-8-20-23(16)30-25(27)39-20)24(37)19(34(21)22(36)5-2)12-17-9-10-18(35)13-29-17/h6-10,13,19,21,31,35H,4-5,11-12,14-15H2,1-3H3,(H2,27,30)(H,28,38)/t19-,21+/m0/s1. The van der Waals surface area contributed by atoms with E-state index in [0.29, 0.717) is 23.8 Å². The third kappa shape index (κ3) is 6.20. The molecule has 4 amide bonds. The number of para-hydroxylation sites is 1. The van der Waals surface area contributed by atoms with Crippen LogP contribution >= 0.6 is 11.3 Å². The van der Waals surface area contributed by atoms with Crippen molar-refractivity contribution in [3.05, 3.63) is 47.8 Å². The summed E-state index contributed by atoms with van der Waals surface area (Å²) in [6.45, 7) is 4.49. The molecule has 0 saturated carbocycles. The van der Waals surface area contributed by atoms with Crippen molar-refractivity contribution in [1.82, 2.24) is 35.5 Å². The Hall–Kier alpha value is -3.97. The molecule has 0 unspecified atom stereocenters. The lowest BCUT2D eigenvalue weighted by molar-refractivity contribution is -0.159. The SMILES string of the molecule is CCCN(N[C@H]1CN(Cc2cccc3sc(N)nc23)C(=O)[C@H](Cc2ccc(O)cn2)N1C(=O)CC)C(=O)NC. The molecule has 0 spiro atoms. The van der Waals surface area contributed by atoms with Crippen LogP contribution in [0.15, 0.2) is 36.5 Å². The summed E-state index contributed by atoms with van der Waals surface area (Å²) in [4.78, 5) is 51.9. The van der Waals surface area contributed by atoms with Gasteiger partial charge in [0.1, 0.15) is 18.0 Å². The van der Waals surface area contributed by atoms with Gasteiger partial charge in [-0.1, -0.05) is 37.3 Å². The molecule has 5 N–H and O–H groups in total. The fourth-order valence-electron chi connectivity index (χ4n) is 4.75. The van der Waals surface area contributed by atoms with E-state index in [9.17, 15) is 19.5 Å². The van der Waals surface area contributed by atoms with Gasteiger partial charge in [-0.15, -0.1) is 0 Å². The van der Waals surface area contributed by atoms with Gasteiger partial charge in [-0.2, -0.15) is 0 Å². The minimum Gasteiger partial charge on any atom is -0.506 e. The van der Waals surface area contributed by atoms with Crippen LogP contribution < -0.4 is 16.5 Å². The molecule has 0 radical (unpaired) electrons. The molecule has 1 fully saturated rings. The van der Waals surface area contributed by atoms with Crippen molar-refractivity contribution >= 4 is 44.5 Å². The summed E-state index contributed by atoms with van der Waals surface area (Å²) in [5.41, 5.74) is 11.3. The number of aromatic nitrogens is 2. The summed E-state index contributed by atoms with van der Waals surface area (Å²) < 4.78 is 0.922. The Bertz CT molecular complexity index is 1330. The van der Waals surface area contributed by atoms with Gasteiger partial charge in [-0.05, 0) is 30.2 Å². The van der Waals surface area contributed by atoms with Crippen LogP contribution in [0.3, 0.4) is 0 Å². The van der Waals surface area contributed by atoms with E-state index in [-0.39, 0.29) is 49.5 Å². The van der Waals surface area contributed by atoms with E-state index in [1.165, 1.54) is 40.6 Å². The number of aromatic hydroxyl groups is 1. The van der Waals surface area contributed by atoms with Gasteiger partial charge in [0.05, 0.1) is 23.0 Å². The topological polar surface area (TPSA) is 157 Å². The first-order valence-electron chi connectivity index (χ1n) is 12.9. The highest BCUT2D eigenvalue weighted by Gasteiger charge is 2.44. The zero-order valence-corrected chi connectivity index (χ0v) is 23.1. The van der Waals surface area contributed by atoms with Crippen molar-refractivity contribution in [3.8, 4) is 5.75 Å². The number of nitrogen functional groups attached to an aromatic ring is 1. The fourth-order valence-corrected chi connectivity index (χ4v) is 5.53. The number of piperazine rings is 1. The summed E-state index contributed by atoms with van der Waals surface area (Å²) in [6.07, 6.45) is 1.63. The Morgan fingerprint density at radius 1 is 1.26 bits per heavy atom. The van der Waals surface area contributed by atoms with E-state index in [1.807, 2.05) is 25.1 Å². The number of nitrogens with one attached hydrogen (secondary N) is 2. The van der Waals surface area contributed by atoms with Crippen LogP contribution in [0.5, 0.6) is 5.75 Å². The van der Waals surface area contributed by atoms with E-state index in [0.717, 1.165) is 15.8 Å². The molecule has 0 aliphatic carbocycles. The van der Waals surface area contributed by atoms with Crippen LogP contribution in [-0.4, -0.2) is 80.1 Å². The molecular formula is C26H34N8O4S. The van der Waals surface area contributed by atoms with Gasteiger partial charge >= 0.3 is 6.03 Å². The van der Waals surface area contributed by atoms with Crippen molar-refractivity contribution in [2.24, 2.45) is 0 Å². The van der Waals surface area contributed by atoms with E-state index in [1.54, 1.807) is 17.9 Å². The second-order valence-electron chi connectivity index (χ2n) is 9.27. The minimum atomic E-state index is -0.881. The molecule has 1 aliphatic heterocycles. The molecular weight excluding hydrogens is 520 g/mol. The Balaban J connectivity index is 1.73. The number of carbonyl (C=O) groups is 3. The maximum atomic E-state index is 14.0. The van der Waals surface area contributed by atoms with Gasteiger partial charge in [0, 0.05) is 38.7 Å². The monoisotopic (exact) mass is 554 g/mol. The van der Waals surface area contributed by atoms with Gasteiger partial charge in [0.15, 0.2) is 5.13 Å². The maximum absolute atomic E-state index is 14.0. The Labute approximate surface area is 230 Å². The smallest absolute Gasteiger partial charge is 0.331 e. The molecule has 3 heterocycles. The van der Waals surface area contributed by atoms with Crippen molar-refractivity contribution in [2.75, 3.05) is 25.9 Å². The van der Waals surface area contributed by atoms with Crippen molar-refractivity contribution in [2.45, 2.75) is 51.9 Å². The number of amides is 4. The first kappa shape index (κ1) is 28.0. The highest BCUT2D eigenvalue weighted by molar-refractivity contribution is 7.22. The van der Waals surface area contributed by atoms with Crippen molar-refractivity contribution < 1.29 is 19.5 Å². The average molecular weight is 555 g/mol. The summed E-state index contributed by atoms with van der Waals surface area (Å²) >= 11 is 1.38. The highest BCUT2D eigenvalue weighted by atomic mass is 32.1. The van der Waals surface area contributed by atoms with E-state index in [4.69, 9.17) is 5.73 Å². The molecule has 39 heavy (non-hydrogen) atoms.